The lowest BCUT2D eigenvalue weighted by Gasteiger charge is -2.33. The molecule has 4 rings (SSSR count). The summed E-state index contributed by atoms with van der Waals surface area (Å²) in [5.74, 6) is 1.07. The zero-order valence-corrected chi connectivity index (χ0v) is 14.5. The van der Waals surface area contributed by atoms with Gasteiger partial charge in [0.05, 0.1) is 6.54 Å². The number of benzene rings is 2. The number of para-hydroxylation sites is 1. The highest BCUT2D eigenvalue weighted by atomic mass is 16.3. The summed E-state index contributed by atoms with van der Waals surface area (Å²) in [6.07, 6.45) is 4.48. The van der Waals surface area contributed by atoms with Crippen LogP contribution in [-0.4, -0.2) is 42.5 Å². The molecular weight excluding hydrogens is 308 g/mol. The molecular formula is C22H24N2O. The third-order valence-electron chi connectivity index (χ3n) is 4.79. The lowest BCUT2D eigenvalue weighted by atomic mass is 10.2. The molecule has 0 bridgehead atoms. The molecule has 3 heteroatoms. The Morgan fingerprint density at radius 3 is 2.36 bits per heavy atom. The van der Waals surface area contributed by atoms with E-state index in [-0.39, 0.29) is 0 Å². The first-order chi connectivity index (χ1) is 12.4. The van der Waals surface area contributed by atoms with Crippen LogP contribution in [0, 0.1) is 0 Å². The number of nitrogens with zero attached hydrogens (tertiary/aromatic N) is 2. The molecule has 0 aliphatic carbocycles. The second-order valence-corrected chi connectivity index (χ2v) is 6.64. The van der Waals surface area contributed by atoms with Gasteiger partial charge in [0.1, 0.15) is 11.3 Å². The van der Waals surface area contributed by atoms with Crippen molar-refractivity contribution in [2.24, 2.45) is 0 Å². The van der Waals surface area contributed by atoms with Gasteiger partial charge >= 0.3 is 0 Å². The van der Waals surface area contributed by atoms with Crippen molar-refractivity contribution in [3.63, 3.8) is 0 Å². The summed E-state index contributed by atoms with van der Waals surface area (Å²) in [4.78, 5) is 4.99. The van der Waals surface area contributed by atoms with E-state index in [0.717, 1.165) is 50.6 Å². The van der Waals surface area contributed by atoms with E-state index in [1.807, 2.05) is 12.1 Å². The molecule has 1 fully saturated rings. The molecule has 1 aromatic heterocycles. The number of piperazine rings is 1. The quantitative estimate of drug-likeness (QED) is 0.696. The number of fused-ring (bicyclic) bond motifs is 1. The Balaban J connectivity index is 1.26. The van der Waals surface area contributed by atoms with Gasteiger partial charge in [0, 0.05) is 38.1 Å². The first-order valence-electron chi connectivity index (χ1n) is 9.00. The van der Waals surface area contributed by atoms with Crippen molar-refractivity contribution in [1.29, 1.82) is 0 Å². The van der Waals surface area contributed by atoms with E-state index in [2.05, 4.69) is 70.5 Å². The van der Waals surface area contributed by atoms with Gasteiger partial charge in [-0.15, -0.1) is 0 Å². The summed E-state index contributed by atoms with van der Waals surface area (Å²) in [7, 11) is 0. The van der Waals surface area contributed by atoms with Crippen molar-refractivity contribution in [1.82, 2.24) is 9.80 Å². The largest absolute Gasteiger partial charge is 0.460 e. The van der Waals surface area contributed by atoms with Gasteiger partial charge in [-0.05, 0) is 17.7 Å². The summed E-state index contributed by atoms with van der Waals surface area (Å²) in [5, 5.41) is 1.20. The monoisotopic (exact) mass is 332 g/mol. The number of hydrogen-bond acceptors (Lipinski definition) is 3. The summed E-state index contributed by atoms with van der Waals surface area (Å²) < 4.78 is 5.95. The van der Waals surface area contributed by atoms with Crippen molar-refractivity contribution in [2.45, 2.75) is 6.54 Å². The summed E-state index contributed by atoms with van der Waals surface area (Å²) in [6, 6.07) is 20.9. The van der Waals surface area contributed by atoms with Crippen LogP contribution in [0.4, 0.5) is 0 Å². The average Bonchev–Trinajstić information content (AvgIpc) is 3.06. The Bertz CT molecular complexity index is 796. The molecule has 2 heterocycles. The standard InChI is InChI=1S/C22H24N2O/c1-2-7-19(8-3-1)9-6-12-23-13-15-24(16-14-23)18-21-17-20-10-4-5-11-22(20)25-21/h1-11,17H,12-16,18H2/b9-6+. The van der Waals surface area contributed by atoms with Crippen molar-refractivity contribution in [3.8, 4) is 0 Å². The van der Waals surface area contributed by atoms with Crippen LogP contribution in [0.2, 0.25) is 0 Å². The third kappa shape index (κ3) is 4.19. The summed E-state index contributed by atoms with van der Waals surface area (Å²) in [5.41, 5.74) is 2.26. The molecule has 1 saturated heterocycles. The van der Waals surface area contributed by atoms with E-state index in [1.54, 1.807) is 0 Å². The van der Waals surface area contributed by atoms with Crippen LogP contribution in [0.1, 0.15) is 11.3 Å². The summed E-state index contributed by atoms with van der Waals surface area (Å²) in [6.45, 7) is 6.33. The van der Waals surface area contributed by atoms with Crippen molar-refractivity contribution >= 4 is 17.0 Å². The maximum atomic E-state index is 5.95. The molecule has 0 unspecified atom stereocenters. The fourth-order valence-corrected chi connectivity index (χ4v) is 3.37. The maximum absolute atomic E-state index is 5.95. The van der Waals surface area contributed by atoms with Gasteiger partial charge in [0.15, 0.2) is 0 Å². The molecule has 25 heavy (non-hydrogen) atoms. The van der Waals surface area contributed by atoms with Gasteiger partial charge in [-0.1, -0.05) is 60.7 Å². The lowest BCUT2D eigenvalue weighted by Crippen LogP contribution is -2.45. The van der Waals surface area contributed by atoms with Gasteiger partial charge in [-0.25, -0.2) is 0 Å². The van der Waals surface area contributed by atoms with Crippen LogP contribution in [0.5, 0.6) is 0 Å². The number of rotatable bonds is 5. The molecule has 0 radical (unpaired) electrons. The van der Waals surface area contributed by atoms with Gasteiger partial charge in [0.2, 0.25) is 0 Å². The SMILES string of the molecule is C(=C\c1ccccc1)/CN1CCN(Cc2cc3ccccc3o2)CC1. The van der Waals surface area contributed by atoms with E-state index >= 15 is 0 Å². The highest BCUT2D eigenvalue weighted by Gasteiger charge is 2.17. The molecule has 0 spiro atoms. The van der Waals surface area contributed by atoms with E-state index in [1.165, 1.54) is 10.9 Å². The van der Waals surface area contributed by atoms with Crippen LogP contribution in [0.15, 0.2) is 71.2 Å². The van der Waals surface area contributed by atoms with Gasteiger partial charge in [0.25, 0.3) is 0 Å². The minimum atomic E-state index is 0.905. The zero-order valence-electron chi connectivity index (χ0n) is 14.5. The second-order valence-electron chi connectivity index (χ2n) is 6.64. The van der Waals surface area contributed by atoms with Crippen LogP contribution in [0.3, 0.4) is 0 Å². The molecule has 128 valence electrons. The zero-order chi connectivity index (χ0) is 16.9. The fourth-order valence-electron chi connectivity index (χ4n) is 3.37. The first kappa shape index (κ1) is 16.1. The third-order valence-corrected chi connectivity index (χ3v) is 4.79. The van der Waals surface area contributed by atoms with E-state index in [9.17, 15) is 0 Å². The Morgan fingerprint density at radius 2 is 1.56 bits per heavy atom. The first-order valence-corrected chi connectivity index (χ1v) is 9.00. The molecule has 1 aliphatic heterocycles. The molecule has 0 atom stereocenters. The second kappa shape index (κ2) is 7.68. The van der Waals surface area contributed by atoms with Crippen LogP contribution in [0.25, 0.3) is 17.0 Å². The van der Waals surface area contributed by atoms with Crippen molar-refractivity contribution < 1.29 is 4.42 Å². The topological polar surface area (TPSA) is 19.6 Å². The van der Waals surface area contributed by atoms with E-state index in [0.29, 0.717) is 0 Å². The average molecular weight is 332 g/mol. The Morgan fingerprint density at radius 1 is 0.840 bits per heavy atom. The van der Waals surface area contributed by atoms with Crippen molar-refractivity contribution in [2.75, 3.05) is 32.7 Å². The maximum Gasteiger partial charge on any atom is 0.134 e. The fraction of sp³-hybridized carbons (Fsp3) is 0.273. The Kier molecular flexibility index (Phi) is 4.96. The lowest BCUT2D eigenvalue weighted by molar-refractivity contribution is 0.130. The van der Waals surface area contributed by atoms with Gasteiger partial charge in [-0.2, -0.15) is 0 Å². The molecule has 0 saturated carbocycles. The molecule has 1 aliphatic rings. The molecule has 3 aromatic rings. The minimum Gasteiger partial charge on any atom is -0.460 e. The molecule has 0 N–H and O–H groups in total. The predicted molar refractivity (Wildman–Crippen MR) is 103 cm³/mol. The highest BCUT2D eigenvalue weighted by Crippen LogP contribution is 2.20. The molecule has 3 nitrogen and oxygen atoms in total. The normalized spacial score (nSPS) is 16.8. The van der Waals surface area contributed by atoms with Crippen LogP contribution >= 0.6 is 0 Å². The van der Waals surface area contributed by atoms with Gasteiger partial charge < -0.3 is 4.42 Å². The smallest absolute Gasteiger partial charge is 0.134 e. The number of furan rings is 1. The highest BCUT2D eigenvalue weighted by molar-refractivity contribution is 5.77. The Labute approximate surface area is 149 Å². The van der Waals surface area contributed by atoms with Crippen LogP contribution < -0.4 is 0 Å². The van der Waals surface area contributed by atoms with Gasteiger partial charge in [-0.3, -0.25) is 9.80 Å². The number of hydrogen-bond donors (Lipinski definition) is 0. The molecule has 0 amide bonds. The molecule has 2 aromatic carbocycles. The summed E-state index contributed by atoms with van der Waals surface area (Å²) >= 11 is 0. The van der Waals surface area contributed by atoms with Crippen molar-refractivity contribution in [3.05, 3.63) is 78.1 Å². The van der Waals surface area contributed by atoms with E-state index < -0.39 is 0 Å². The minimum absolute atomic E-state index is 0.905. The van der Waals surface area contributed by atoms with Crippen LogP contribution in [-0.2, 0) is 6.54 Å². The Hall–Kier alpha value is -2.36. The van der Waals surface area contributed by atoms with E-state index in [4.69, 9.17) is 4.42 Å². The predicted octanol–water partition coefficient (Wildman–Crippen LogP) is 4.26.